The summed E-state index contributed by atoms with van der Waals surface area (Å²) in [6.45, 7) is 1.39. The number of benzene rings is 2. The molecule has 17 heavy (non-hydrogen) atoms. The zero-order valence-corrected chi connectivity index (χ0v) is 10.7. The van der Waals surface area contributed by atoms with E-state index in [0.717, 1.165) is 12.8 Å². The number of nitrogens with two attached hydrogens (primary N) is 2. The van der Waals surface area contributed by atoms with Crippen molar-refractivity contribution in [3.05, 3.63) is 47.5 Å². The third kappa shape index (κ3) is 2.97. The molecule has 0 aromatic heterocycles. The molecule has 0 aliphatic rings. The van der Waals surface area contributed by atoms with Crippen molar-refractivity contribution in [1.82, 2.24) is 0 Å². The average Bonchev–Trinajstić information content (AvgIpc) is 2.33. The second-order valence-electron chi connectivity index (χ2n) is 4.01. The second kappa shape index (κ2) is 6.60. The maximum absolute atomic E-state index is 5.63. The molecule has 2 nitrogen and oxygen atoms in total. The van der Waals surface area contributed by atoms with Gasteiger partial charge >= 0.3 is 0 Å². The highest BCUT2D eigenvalue weighted by atomic mass is 35.5. The number of hydrogen-bond acceptors (Lipinski definition) is 2. The fraction of sp³-hybridized carbons (Fsp3) is 0.286. The highest BCUT2D eigenvalue weighted by molar-refractivity contribution is 5.88. The molecule has 0 aliphatic carbocycles. The highest BCUT2D eigenvalue weighted by Gasteiger charge is 2.04. The van der Waals surface area contributed by atoms with E-state index >= 15 is 0 Å². The number of halogens is 1. The van der Waals surface area contributed by atoms with Gasteiger partial charge in [0.15, 0.2) is 0 Å². The summed E-state index contributed by atoms with van der Waals surface area (Å²) in [5.74, 6) is 0. The van der Waals surface area contributed by atoms with Crippen molar-refractivity contribution in [2.45, 2.75) is 12.8 Å². The summed E-state index contributed by atoms with van der Waals surface area (Å²) in [7, 11) is 0. The Morgan fingerprint density at radius 2 is 1.12 bits per heavy atom. The van der Waals surface area contributed by atoms with Gasteiger partial charge in [0, 0.05) is 0 Å². The number of hydrogen-bond donors (Lipinski definition) is 2. The van der Waals surface area contributed by atoms with Crippen LogP contribution in [0.4, 0.5) is 0 Å². The maximum atomic E-state index is 5.63. The lowest BCUT2D eigenvalue weighted by molar-refractivity contribution is 0.962. The van der Waals surface area contributed by atoms with E-state index < -0.39 is 0 Å². The lowest BCUT2D eigenvalue weighted by Crippen LogP contribution is -2.06. The Labute approximate surface area is 108 Å². The Hall–Kier alpha value is -1.09. The van der Waals surface area contributed by atoms with Gasteiger partial charge in [-0.05, 0) is 47.8 Å². The van der Waals surface area contributed by atoms with Gasteiger partial charge in [0.25, 0.3) is 0 Å². The van der Waals surface area contributed by atoms with Crippen molar-refractivity contribution in [3.63, 3.8) is 0 Å². The van der Waals surface area contributed by atoms with E-state index in [9.17, 15) is 0 Å². The van der Waals surface area contributed by atoms with E-state index in [2.05, 4.69) is 36.4 Å². The molecule has 0 radical (unpaired) electrons. The highest BCUT2D eigenvalue weighted by Crippen LogP contribution is 2.23. The molecule has 0 heterocycles. The molecule has 0 saturated heterocycles. The Kier molecular flexibility index (Phi) is 5.42. The summed E-state index contributed by atoms with van der Waals surface area (Å²) in [5.41, 5.74) is 13.9. The smallest absolute Gasteiger partial charge is 0.00365 e. The molecule has 0 atom stereocenters. The van der Waals surface area contributed by atoms with Crippen molar-refractivity contribution >= 4 is 23.2 Å². The van der Waals surface area contributed by atoms with Gasteiger partial charge in [-0.15, -0.1) is 12.4 Å². The number of rotatable bonds is 4. The molecule has 92 valence electrons. The van der Waals surface area contributed by atoms with Crippen LogP contribution in [0.2, 0.25) is 0 Å². The van der Waals surface area contributed by atoms with Gasteiger partial charge in [-0.2, -0.15) is 0 Å². The second-order valence-corrected chi connectivity index (χ2v) is 4.01. The Morgan fingerprint density at radius 1 is 0.706 bits per heavy atom. The minimum Gasteiger partial charge on any atom is -0.330 e. The third-order valence-electron chi connectivity index (χ3n) is 2.93. The molecule has 2 aromatic rings. The van der Waals surface area contributed by atoms with Crippen molar-refractivity contribution < 1.29 is 0 Å². The fourth-order valence-electron chi connectivity index (χ4n) is 2.17. The molecule has 0 aliphatic heterocycles. The quantitative estimate of drug-likeness (QED) is 0.875. The molecule has 2 aromatic carbocycles. The van der Waals surface area contributed by atoms with Crippen molar-refractivity contribution in [2.24, 2.45) is 11.5 Å². The SMILES string of the molecule is Cl.NCCc1ccc(CCN)c2ccccc12. The van der Waals surface area contributed by atoms with Gasteiger partial charge in [0.05, 0.1) is 0 Å². The Morgan fingerprint density at radius 3 is 1.47 bits per heavy atom. The number of fused-ring (bicyclic) bond motifs is 1. The fourth-order valence-corrected chi connectivity index (χ4v) is 2.17. The molecule has 0 fully saturated rings. The van der Waals surface area contributed by atoms with Crippen LogP contribution in [0.1, 0.15) is 11.1 Å². The van der Waals surface area contributed by atoms with E-state index in [1.807, 2.05) is 0 Å². The Bertz CT molecular complexity index is 438. The molecule has 0 amide bonds. The minimum atomic E-state index is 0. The lowest BCUT2D eigenvalue weighted by atomic mass is 9.96. The van der Waals surface area contributed by atoms with E-state index in [4.69, 9.17) is 11.5 Å². The first-order chi connectivity index (χ1) is 7.86. The topological polar surface area (TPSA) is 52.0 Å². The van der Waals surface area contributed by atoms with E-state index in [1.54, 1.807) is 0 Å². The van der Waals surface area contributed by atoms with Crippen LogP contribution >= 0.6 is 12.4 Å². The molecular weight excluding hydrogens is 232 g/mol. The van der Waals surface area contributed by atoms with Crippen molar-refractivity contribution in [2.75, 3.05) is 13.1 Å². The predicted octanol–water partition coefficient (Wildman–Crippen LogP) is 2.26. The molecule has 0 saturated carbocycles. The zero-order valence-electron chi connectivity index (χ0n) is 9.86. The summed E-state index contributed by atoms with van der Waals surface area (Å²) >= 11 is 0. The van der Waals surface area contributed by atoms with Crippen LogP contribution in [-0.2, 0) is 12.8 Å². The van der Waals surface area contributed by atoms with Gasteiger partial charge in [0.1, 0.15) is 0 Å². The first-order valence-electron chi connectivity index (χ1n) is 5.76. The molecular formula is C14H19ClN2. The van der Waals surface area contributed by atoms with Crippen LogP contribution in [0.3, 0.4) is 0 Å². The Balaban J connectivity index is 0.00000144. The summed E-state index contributed by atoms with van der Waals surface area (Å²) < 4.78 is 0. The lowest BCUT2D eigenvalue weighted by Gasteiger charge is -2.10. The van der Waals surface area contributed by atoms with Gasteiger partial charge in [-0.3, -0.25) is 0 Å². The molecule has 2 rings (SSSR count). The van der Waals surface area contributed by atoms with Crippen LogP contribution in [0.25, 0.3) is 10.8 Å². The van der Waals surface area contributed by atoms with Crippen LogP contribution in [0, 0.1) is 0 Å². The van der Waals surface area contributed by atoms with Crippen molar-refractivity contribution in [1.29, 1.82) is 0 Å². The average molecular weight is 251 g/mol. The normalized spacial score (nSPS) is 10.2. The maximum Gasteiger partial charge on any atom is -0.00365 e. The van der Waals surface area contributed by atoms with Crippen LogP contribution < -0.4 is 11.5 Å². The molecule has 0 spiro atoms. The first kappa shape index (κ1) is 14.0. The summed E-state index contributed by atoms with van der Waals surface area (Å²) in [6.07, 6.45) is 1.87. The summed E-state index contributed by atoms with van der Waals surface area (Å²) in [6, 6.07) is 12.9. The van der Waals surface area contributed by atoms with Crippen LogP contribution in [0.5, 0.6) is 0 Å². The monoisotopic (exact) mass is 250 g/mol. The zero-order chi connectivity index (χ0) is 11.4. The van der Waals surface area contributed by atoms with Crippen molar-refractivity contribution in [3.8, 4) is 0 Å². The van der Waals surface area contributed by atoms with Gasteiger partial charge in [-0.25, -0.2) is 0 Å². The van der Waals surface area contributed by atoms with Gasteiger partial charge in [0.2, 0.25) is 0 Å². The molecule has 0 unspecified atom stereocenters. The van der Waals surface area contributed by atoms with Crippen LogP contribution in [0.15, 0.2) is 36.4 Å². The summed E-state index contributed by atoms with van der Waals surface area (Å²) in [5, 5.41) is 2.64. The molecule has 0 bridgehead atoms. The van der Waals surface area contributed by atoms with Gasteiger partial charge in [-0.1, -0.05) is 36.4 Å². The van der Waals surface area contributed by atoms with Crippen LogP contribution in [-0.4, -0.2) is 13.1 Å². The summed E-state index contributed by atoms with van der Waals surface area (Å²) in [4.78, 5) is 0. The standard InChI is InChI=1S/C14H18N2.ClH/c15-9-7-11-5-6-12(8-10-16)14-4-2-1-3-13(11)14;/h1-6H,7-10,15-16H2;1H. The third-order valence-corrected chi connectivity index (χ3v) is 2.93. The minimum absolute atomic E-state index is 0. The van der Waals surface area contributed by atoms with E-state index in [1.165, 1.54) is 21.9 Å². The largest absolute Gasteiger partial charge is 0.330 e. The predicted molar refractivity (Wildman–Crippen MR) is 76.7 cm³/mol. The molecule has 4 N–H and O–H groups in total. The van der Waals surface area contributed by atoms with E-state index in [0.29, 0.717) is 13.1 Å². The van der Waals surface area contributed by atoms with E-state index in [-0.39, 0.29) is 12.4 Å². The molecule has 3 heteroatoms. The van der Waals surface area contributed by atoms with Gasteiger partial charge < -0.3 is 11.5 Å². The first-order valence-corrected chi connectivity index (χ1v) is 5.76.